The van der Waals surface area contributed by atoms with E-state index in [1.54, 1.807) is 0 Å². The van der Waals surface area contributed by atoms with Crippen molar-refractivity contribution in [1.29, 1.82) is 5.26 Å². The molecule has 0 spiro atoms. The quantitative estimate of drug-likeness (QED) is 0.729. The van der Waals surface area contributed by atoms with Crippen LogP contribution in [0.25, 0.3) is 0 Å². The lowest BCUT2D eigenvalue weighted by molar-refractivity contribution is -0.120. The molecule has 0 saturated carbocycles. The summed E-state index contributed by atoms with van der Waals surface area (Å²) < 4.78 is 27.1. The molecule has 4 rings (SSSR count). The van der Waals surface area contributed by atoms with E-state index in [1.807, 2.05) is 19.9 Å². The number of benzene rings is 1. The lowest BCUT2D eigenvalue weighted by Gasteiger charge is -2.30. The Labute approximate surface area is 191 Å². The van der Waals surface area contributed by atoms with Gasteiger partial charge in [0.1, 0.15) is 0 Å². The van der Waals surface area contributed by atoms with Crippen molar-refractivity contribution in [3.05, 3.63) is 40.4 Å². The number of piperidine rings is 1. The molecule has 0 unspecified atom stereocenters. The first-order valence-corrected chi connectivity index (χ1v) is 12.7. The van der Waals surface area contributed by atoms with Crippen LogP contribution in [0.3, 0.4) is 0 Å². The second-order valence-corrected chi connectivity index (χ2v) is 12.0. The predicted molar refractivity (Wildman–Crippen MR) is 120 cm³/mol. The van der Waals surface area contributed by atoms with Gasteiger partial charge < -0.3 is 5.32 Å². The number of Topliss-reactive ketones (excluding diaryl/α,β-unsaturated/α-hetero) is 1. The molecule has 8 nitrogen and oxygen atoms in total. The molecule has 2 aliphatic rings. The normalized spacial score (nSPS) is 19.2. The van der Waals surface area contributed by atoms with Crippen LogP contribution in [0.15, 0.2) is 29.2 Å². The fourth-order valence-corrected chi connectivity index (χ4v) is 6.58. The number of fused-ring (bicyclic) bond motifs is 1. The van der Waals surface area contributed by atoms with Crippen molar-refractivity contribution >= 4 is 38.2 Å². The lowest BCUT2D eigenvalue weighted by atomic mass is 9.78. The lowest BCUT2D eigenvalue weighted by Crippen LogP contribution is -2.41. The standard InChI is InChI=1S/C22H24N4O4S2/c1-22(2)11-17-19(18(27)12-22)31-21(24-17)25-20(28)15-7-9-26(10-8-15)32(29,30)16-5-3-14(13-23)4-6-16/h3-6,15H,7-12H2,1-2H3,(H,24,25,28). The van der Waals surface area contributed by atoms with Crippen LogP contribution in [-0.4, -0.2) is 42.5 Å². The molecule has 1 aromatic carbocycles. The van der Waals surface area contributed by atoms with Crippen molar-refractivity contribution in [2.45, 2.75) is 44.4 Å². The molecular weight excluding hydrogens is 448 g/mol. The molecule has 0 atom stereocenters. The molecule has 1 aromatic heterocycles. The molecule has 1 fully saturated rings. The number of thiazole rings is 1. The van der Waals surface area contributed by atoms with Gasteiger partial charge in [0.25, 0.3) is 0 Å². The highest BCUT2D eigenvalue weighted by atomic mass is 32.2. The summed E-state index contributed by atoms with van der Waals surface area (Å²) >= 11 is 1.22. The van der Waals surface area contributed by atoms with Gasteiger partial charge in [0.05, 0.1) is 27.1 Å². The second-order valence-electron chi connectivity index (χ2n) is 9.04. The second kappa shape index (κ2) is 8.39. The van der Waals surface area contributed by atoms with Crippen molar-refractivity contribution in [2.75, 3.05) is 18.4 Å². The van der Waals surface area contributed by atoms with Gasteiger partial charge in [0.2, 0.25) is 15.9 Å². The van der Waals surface area contributed by atoms with Crippen LogP contribution in [0, 0.1) is 22.7 Å². The Morgan fingerprint density at radius 1 is 1.22 bits per heavy atom. The molecule has 2 aromatic rings. The molecule has 168 valence electrons. The number of hydrogen-bond donors (Lipinski definition) is 1. The third-order valence-electron chi connectivity index (χ3n) is 5.91. The average Bonchev–Trinajstić information content (AvgIpc) is 3.15. The van der Waals surface area contributed by atoms with E-state index in [0.717, 1.165) is 5.69 Å². The highest BCUT2D eigenvalue weighted by molar-refractivity contribution is 7.89. The van der Waals surface area contributed by atoms with Crippen molar-refractivity contribution in [2.24, 2.45) is 11.3 Å². The molecule has 1 aliphatic carbocycles. The average molecular weight is 473 g/mol. The summed E-state index contributed by atoms with van der Waals surface area (Å²) in [4.78, 5) is 30.4. The molecular formula is C22H24N4O4S2. The Balaban J connectivity index is 1.38. The van der Waals surface area contributed by atoms with Crippen LogP contribution >= 0.6 is 11.3 Å². The summed E-state index contributed by atoms with van der Waals surface area (Å²) in [5.74, 6) is -0.454. The van der Waals surface area contributed by atoms with Crippen molar-refractivity contribution in [3.63, 3.8) is 0 Å². The summed E-state index contributed by atoms with van der Waals surface area (Å²) in [5.41, 5.74) is 1.01. The zero-order chi connectivity index (χ0) is 23.1. The van der Waals surface area contributed by atoms with E-state index in [4.69, 9.17) is 5.26 Å². The third-order valence-corrected chi connectivity index (χ3v) is 8.88. The highest BCUT2D eigenvalue weighted by Crippen LogP contribution is 2.38. The maximum absolute atomic E-state index is 12.9. The van der Waals surface area contributed by atoms with Gasteiger partial charge in [0, 0.05) is 25.4 Å². The number of carbonyl (C=O) groups excluding carboxylic acids is 2. The number of nitriles is 1. The summed E-state index contributed by atoms with van der Waals surface area (Å²) in [7, 11) is -3.67. The Hall–Kier alpha value is -2.61. The minimum Gasteiger partial charge on any atom is -0.302 e. The molecule has 0 bridgehead atoms. The number of aromatic nitrogens is 1. The van der Waals surface area contributed by atoms with Gasteiger partial charge in [-0.15, -0.1) is 0 Å². The van der Waals surface area contributed by atoms with E-state index in [2.05, 4.69) is 10.3 Å². The summed E-state index contributed by atoms with van der Waals surface area (Å²) in [6.07, 6.45) is 1.98. The molecule has 1 amide bonds. The van der Waals surface area contributed by atoms with Crippen molar-refractivity contribution in [1.82, 2.24) is 9.29 Å². The molecule has 1 aliphatic heterocycles. The van der Waals surface area contributed by atoms with Crippen LogP contribution < -0.4 is 5.32 Å². The fraction of sp³-hybridized carbons (Fsp3) is 0.455. The number of hydrogen-bond acceptors (Lipinski definition) is 7. The maximum atomic E-state index is 12.9. The zero-order valence-electron chi connectivity index (χ0n) is 17.9. The number of amides is 1. The molecule has 1 N–H and O–H groups in total. The summed E-state index contributed by atoms with van der Waals surface area (Å²) in [6, 6.07) is 7.79. The van der Waals surface area contributed by atoms with Crippen molar-refractivity contribution < 1.29 is 18.0 Å². The Kier molecular flexibility index (Phi) is 5.92. The number of anilines is 1. The first kappa shape index (κ1) is 22.6. The van der Waals surface area contributed by atoms with Crippen molar-refractivity contribution in [3.8, 4) is 6.07 Å². The van der Waals surface area contributed by atoms with E-state index in [-0.39, 0.29) is 41.0 Å². The Morgan fingerprint density at radius 2 is 1.88 bits per heavy atom. The van der Waals surface area contributed by atoms with Gasteiger partial charge >= 0.3 is 0 Å². The van der Waals surface area contributed by atoms with Crippen LogP contribution in [0.1, 0.15) is 54.0 Å². The number of sulfonamides is 1. The van der Waals surface area contributed by atoms with E-state index in [1.165, 1.54) is 39.9 Å². The van der Waals surface area contributed by atoms with Gasteiger partial charge in [-0.25, -0.2) is 13.4 Å². The van der Waals surface area contributed by atoms with E-state index in [0.29, 0.717) is 41.3 Å². The van der Waals surface area contributed by atoms with E-state index in [9.17, 15) is 18.0 Å². The molecule has 0 radical (unpaired) electrons. The fourth-order valence-electron chi connectivity index (χ4n) is 4.19. The number of nitrogens with zero attached hydrogens (tertiary/aromatic N) is 3. The van der Waals surface area contributed by atoms with Gasteiger partial charge in [-0.05, 0) is 48.9 Å². The van der Waals surface area contributed by atoms with Crippen LogP contribution in [0.2, 0.25) is 0 Å². The van der Waals surface area contributed by atoms with Crippen LogP contribution in [-0.2, 0) is 21.2 Å². The summed E-state index contributed by atoms with van der Waals surface area (Å²) in [5, 5.41) is 12.1. The zero-order valence-corrected chi connectivity index (χ0v) is 19.6. The Bertz CT molecular complexity index is 1200. The van der Waals surface area contributed by atoms with Gasteiger partial charge in [-0.3, -0.25) is 9.59 Å². The summed E-state index contributed by atoms with van der Waals surface area (Å²) in [6.45, 7) is 4.54. The first-order valence-electron chi connectivity index (χ1n) is 10.4. The third kappa shape index (κ3) is 4.46. The molecule has 32 heavy (non-hydrogen) atoms. The van der Waals surface area contributed by atoms with Gasteiger partial charge in [-0.2, -0.15) is 9.57 Å². The first-order chi connectivity index (χ1) is 15.1. The van der Waals surface area contributed by atoms with E-state index < -0.39 is 10.0 Å². The van der Waals surface area contributed by atoms with E-state index >= 15 is 0 Å². The number of nitrogens with one attached hydrogen (secondary N) is 1. The maximum Gasteiger partial charge on any atom is 0.243 e. The SMILES string of the molecule is CC1(C)CC(=O)c2sc(NC(=O)C3CCN(S(=O)(=O)c4ccc(C#N)cc4)CC3)nc2C1. The van der Waals surface area contributed by atoms with Crippen LogP contribution in [0.4, 0.5) is 5.13 Å². The van der Waals surface area contributed by atoms with Gasteiger partial charge in [-0.1, -0.05) is 25.2 Å². The predicted octanol–water partition coefficient (Wildman–Crippen LogP) is 3.21. The largest absolute Gasteiger partial charge is 0.302 e. The van der Waals surface area contributed by atoms with Gasteiger partial charge in [0.15, 0.2) is 10.9 Å². The monoisotopic (exact) mass is 472 g/mol. The number of carbonyl (C=O) groups is 2. The number of ketones is 1. The minimum atomic E-state index is -3.67. The molecule has 1 saturated heterocycles. The highest BCUT2D eigenvalue weighted by Gasteiger charge is 2.35. The topological polar surface area (TPSA) is 120 Å². The van der Waals surface area contributed by atoms with Crippen LogP contribution in [0.5, 0.6) is 0 Å². The molecule has 2 heterocycles. The Morgan fingerprint density at radius 3 is 2.50 bits per heavy atom. The molecule has 10 heteroatoms. The smallest absolute Gasteiger partial charge is 0.243 e. The number of rotatable bonds is 4. The minimum absolute atomic E-state index is 0.0653.